The van der Waals surface area contributed by atoms with Crippen molar-refractivity contribution in [2.75, 3.05) is 0 Å². The van der Waals surface area contributed by atoms with Crippen LogP contribution in [0.2, 0.25) is 0 Å². The summed E-state index contributed by atoms with van der Waals surface area (Å²) in [5.74, 6) is -7.29. The summed E-state index contributed by atoms with van der Waals surface area (Å²) in [5, 5.41) is 8.38. The van der Waals surface area contributed by atoms with E-state index in [0.717, 1.165) is 28.0 Å². The van der Waals surface area contributed by atoms with Gasteiger partial charge in [-0.1, -0.05) is 0 Å². The number of nitrogens with zero attached hydrogens (tertiary/aromatic N) is 3. The molecule has 17 heavy (non-hydrogen) atoms. The molecule has 0 aliphatic carbocycles. The third kappa shape index (κ3) is 1.83. The number of rotatable bonds is 1. The molecule has 1 aromatic carbocycles. The molecule has 0 saturated heterocycles. The van der Waals surface area contributed by atoms with Gasteiger partial charge in [0.05, 0.1) is 27.5 Å². The molecule has 0 amide bonds. The number of hydrogen-bond acceptors (Lipinski definition) is 4. The van der Waals surface area contributed by atoms with Gasteiger partial charge in [-0.05, 0) is 0 Å². The number of halogens is 4. The first kappa shape index (κ1) is 12.1. The monoisotopic (exact) mass is 278 g/mol. The summed E-state index contributed by atoms with van der Waals surface area (Å²) in [4.78, 5) is 0. The van der Waals surface area contributed by atoms with Gasteiger partial charge in [-0.15, -0.1) is 0 Å². The number of benzene rings is 1. The van der Waals surface area contributed by atoms with Gasteiger partial charge < -0.3 is 0 Å². The van der Waals surface area contributed by atoms with Crippen molar-refractivity contribution in [3.63, 3.8) is 0 Å². The molecule has 1 aromatic rings. The molecule has 0 unspecified atom stereocenters. The van der Waals surface area contributed by atoms with E-state index in [-0.39, 0.29) is 0 Å². The summed E-state index contributed by atoms with van der Waals surface area (Å²) in [6.07, 6.45) is 0. The van der Waals surface area contributed by atoms with Crippen LogP contribution in [-0.4, -0.2) is 5.84 Å². The van der Waals surface area contributed by atoms with E-state index in [1.54, 1.807) is 0 Å². The fourth-order valence-electron chi connectivity index (χ4n) is 1.14. The van der Waals surface area contributed by atoms with E-state index in [1.165, 1.54) is 0 Å². The summed E-state index contributed by atoms with van der Waals surface area (Å²) in [6, 6.07) is 1.05. The fourth-order valence-corrected chi connectivity index (χ4v) is 2.29. The van der Waals surface area contributed by atoms with Crippen LogP contribution in [-0.2, 0) is 0 Å². The first-order chi connectivity index (χ1) is 8.07. The summed E-state index contributed by atoms with van der Waals surface area (Å²) in [6.45, 7) is 0. The largest absolute Gasteiger partial charge is 0.203 e. The molecule has 87 valence electrons. The molecule has 0 spiro atoms. The molecular weight excluding hydrogens is 278 g/mol. The lowest BCUT2D eigenvalue weighted by Crippen LogP contribution is -2.16. The smallest absolute Gasteiger partial charge is 0.183 e. The van der Waals surface area contributed by atoms with Gasteiger partial charge in [0.1, 0.15) is 11.6 Å². The van der Waals surface area contributed by atoms with Gasteiger partial charge in [0, 0.05) is 0 Å². The van der Waals surface area contributed by atoms with Gasteiger partial charge in [-0.2, -0.15) is 14.4 Å². The molecule has 1 aliphatic rings. The van der Waals surface area contributed by atoms with E-state index < -0.39 is 40.2 Å². The van der Waals surface area contributed by atoms with Gasteiger partial charge in [0.2, 0.25) is 0 Å². The predicted molar refractivity (Wildman–Crippen MR) is 54.8 cm³/mol. The second kappa shape index (κ2) is 4.46. The molecule has 0 aromatic heterocycles. The molecule has 1 aliphatic heterocycles. The van der Waals surface area contributed by atoms with Crippen molar-refractivity contribution < 1.29 is 17.6 Å². The lowest BCUT2D eigenvalue weighted by Gasteiger charge is -2.06. The molecule has 2 rings (SSSR count). The van der Waals surface area contributed by atoms with E-state index in [4.69, 9.17) is 5.26 Å². The van der Waals surface area contributed by atoms with Crippen LogP contribution in [0.3, 0.4) is 0 Å². The predicted octanol–water partition coefficient (Wildman–Crippen LogP) is 2.69. The third-order valence-corrected chi connectivity index (χ3v) is 3.09. The second-order valence-corrected chi connectivity index (χ2v) is 4.33. The van der Waals surface area contributed by atoms with Gasteiger partial charge in [-0.25, -0.2) is 17.6 Å². The van der Waals surface area contributed by atoms with Gasteiger partial charge in [0.25, 0.3) is 0 Å². The standard InChI is InChI=1S/C8F4N3S2/c9-4-2(1-13)5(10)7(12)3(6(4)11)8-14-16-17-15-8. The van der Waals surface area contributed by atoms with Gasteiger partial charge in [0.15, 0.2) is 29.1 Å². The molecule has 0 fully saturated rings. The van der Waals surface area contributed by atoms with Crippen molar-refractivity contribution >= 4 is 27.8 Å². The topological polar surface area (TPSA) is 50.2 Å². The van der Waals surface area contributed by atoms with Crippen LogP contribution in [0.5, 0.6) is 0 Å². The van der Waals surface area contributed by atoms with Crippen LogP contribution in [0.1, 0.15) is 11.1 Å². The summed E-state index contributed by atoms with van der Waals surface area (Å²) >= 11 is 0. The fraction of sp³-hybridized carbons (Fsp3) is 0. The van der Waals surface area contributed by atoms with Crippen LogP contribution in [0.4, 0.5) is 17.6 Å². The zero-order valence-electron chi connectivity index (χ0n) is 7.67. The van der Waals surface area contributed by atoms with Crippen LogP contribution < -0.4 is 4.72 Å². The summed E-state index contributed by atoms with van der Waals surface area (Å²) in [5.41, 5.74) is -2.31. The molecule has 9 heteroatoms. The highest BCUT2D eigenvalue weighted by atomic mass is 33.1. The van der Waals surface area contributed by atoms with E-state index >= 15 is 0 Å². The number of hydrogen-bond donors (Lipinski definition) is 0. The van der Waals surface area contributed by atoms with Crippen molar-refractivity contribution in [3.05, 3.63) is 34.4 Å². The van der Waals surface area contributed by atoms with Crippen molar-refractivity contribution in [2.24, 2.45) is 4.40 Å². The summed E-state index contributed by atoms with van der Waals surface area (Å²) in [7, 11) is 1.62. The van der Waals surface area contributed by atoms with Crippen molar-refractivity contribution in [3.8, 4) is 6.07 Å². The van der Waals surface area contributed by atoms with Crippen molar-refractivity contribution in [1.29, 1.82) is 5.26 Å². The van der Waals surface area contributed by atoms with E-state index in [9.17, 15) is 17.6 Å². The van der Waals surface area contributed by atoms with Gasteiger partial charge >= 0.3 is 0 Å². The number of amidine groups is 1. The van der Waals surface area contributed by atoms with E-state index in [1.807, 2.05) is 0 Å². The minimum atomic E-state index is -1.75. The Labute approximate surface area is 101 Å². The maximum absolute atomic E-state index is 13.4. The first-order valence-electron chi connectivity index (χ1n) is 3.96. The highest BCUT2D eigenvalue weighted by molar-refractivity contribution is 8.76. The second-order valence-electron chi connectivity index (χ2n) is 2.77. The molecular formula is C8F4N3S2. The van der Waals surface area contributed by atoms with Crippen LogP contribution in [0.15, 0.2) is 4.40 Å². The zero-order valence-corrected chi connectivity index (χ0v) is 9.30. The lowest BCUT2D eigenvalue weighted by molar-refractivity contribution is 0.447. The molecule has 0 N–H and O–H groups in total. The van der Waals surface area contributed by atoms with Crippen molar-refractivity contribution in [1.82, 2.24) is 4.72 Å². The molecule has 0 bridgehead atoms. The zero-order chi connectivity index (χ0) is 12.6. The molecule has 0 saturated carbocycles. The Hall–Kier alpha value is -1.40. The molecule has 1 radical (unpaired) electrons. The Bertz CT molecular complexity index is 538. The molecule has 3 nitrogen and oxygen atoms in total. The maximum Gasteiger partial charge on any atom is 0.183 e. The molecule has 1 heterocycles. The SMILES string of the molecule is N#Cc1c(F)c(F)c(C2=NSS[N]2)c(F)c1F. The lowest BCUT2D eigenvalue weighted by atomic mass is 10.1. The Morgan fingerprint density at radius 3 is 1.94 bits per heavy atom. The normalized spacial score (nSPS) is 14.2. The van der Waals surface area contributed by atoms with E-state index in [2.05, 4.69) is 9.12 Å². The third-order valence-electron chi connectivity index (χ3n) is 1.88. The first-order valence-corrected chi connectivity index (χ1v) is 6.02. The highest BCUT2D eigenvalue weighted by Crippen LogP contribution is 2.32. The Morgan fingerprint density at radius 1 is 0.941 bits per heavy atom. The minimum Gasteiger partial charge on any atom is -0.203 e. The Morgan fingerprint density at radius 2 is 1.53 bits per heavy atom. The molecule has 0 atom stereocenters. The summed E-state index contributed by atoms with van der Waals surface area (Å²) < 4.78 is 60.4. The minimum absolute atomic E-state index is 0.447. The van der Waals surface area contributed by atoms with Crippen LogP contribution >= 0.6 is 22.0 Å². The average Bonchev–Trinajstić information content (AvgIpc) is 2.81. The Kier molecular flexibility index (Phi) is 3.17. The Balaban J connectivity index is 2.74. The van der Waals surface area contributed by atoms with E-state index in [0.29, 0.717) is 0 Å². The maximum atomic E-state index is 13.4. The van der Waals surface area contributed by atoms with Gasteiger partial charge in [-0.3, -0.25) is 0 Å². The quantitative estimate of drug-likeness (QED) is 0.343. The van der Waals surface area contributed by atoms with Crippen LogP contribution in [0, 0.1) is 34.6 Å². The van der Waals surface area contributed by atoms with Crippen LogP contribution in [0.25, 0.3) is 0 Å². The van der Waals surface area contributed by atoms with Crippen molar-refractivity contribution in [2.45, 2.75) is 0 Å². The highest BCUT2D eigenvalue weighted by Gasteiger charge is 2.30. The number of nitriles is 1. The average molecular weight is 278 g/mol.